The van der Waals surface area contributed by atoms with E-state index in [-0.39, 0.29) is 25.7 Å². The van der Waals surface area contributed by atoms with Crippen LogP contribution in [-0.4, -0.2) is 96.7 Å². The molecular formula is C80H156O17P2. The Labute approximate surface area is 607 Å². The maximum Gasteiger partial charge on any atom is 0.472 e. The summed E-state index contributed by atoms with van der Waals surface area (Å²) < 4.78 is 68.7. The Hall–Kier alpha value is -1.94. The minimum atomic E-state index is -4.96. The normalized spacial score (nSPS) is 14.5. The second-order valence-electron chi connectivity index (χ2n) is 29.3. The Bertz CT molecular complexity index is 1910. The van der Waals surface area contributed by atoms with Crippen LogP contribution in [0.2, 0.25) is 0 Å². The molecule has 19 heteroatoms. The van der Waals surface area contributed by atoms with Crippen LogP contribution < -0.4 is 0 Å². The Morgan fingerprint density at radius 3 is 0.717 bits per heavy atom. The molecule has 7 atom stereocenters. The molecule has 0 amide bonds. The molecule has 0 saturated carbocycles. The standard InChI is InChI=1S/C80H156O17P2/c1-7-11-13-15-17-19-21-23-25-26-27-28-29-31-33-35-40-44-52-58-64-79(84)96-75(68-90-77(82)62-56-50-43-39-34-32-30-24-22-20-18-16-14-12-8-2)70-94-98(86,87)92-66-74(81)67-93-99(88,89)95-71-76(69-91-78(83)63-57-51-47-46-49-55-61-73(6)10-4)97-80(85)65-59-53-45-41-37-36-38-42-48-54-60-72(5)9-3/h72-76,81H,7-71H2,1-6H3,(H,86,87)(H,88,89)/t72?,73?,74-,75-,76-/m1/s1. The van der Waals surface area contributed by atoms with Gasteiger partial charge in [-0.05, 0) is 37.5 Å². The first kappa shape index (κ1) is 97.1. The molecule has 0 rings (SSSR count). The molecule has 17 nitrogen and oxygen atoms in total. The molecule has 0 aliphatic carbocycles. The number of hydrogen-bond donors (Lipinski definition) is 3. The first-order valence-electron chi connectivity index (χ1n) is 41.6. The lowest BCUT2D eigenvalue weighted by Gasteiger charge is -2.21. The zero-order valence-electron chi connectivity index (χ0n) is 64.8. The molecule has 99 heavy (non-hydrogen) atoms. The van der Waals surface area contributed by atoms with Crippen molar-refractivity contribution in [3.63, 3.8) is 0 Å². The molecule has 0 aliphatic heterocycles. The van der Waals surface area contributed by atoms with Gasteiger partial charge in [0.05, 0.1) is 26.4 Å². The van der Waals surface area contributed by atoms with Crippen LogP contribution in [0.15, 0.2) is 0 Å². The quantitative estimate of drug-likeness (QED) is 0.0222. The van der Waals surface area contributed by atoms with E-state index in [1.807, 2.05) is 0 Å². The van der Waals surface area contributed by atoms with E-state index in [0.717, 1.165) is 108 Å². The molecular weight excluding hydrogens is 1290 g/mol. The summed E-state index contributed by atoms with van der Waals surface area (Å²) in [5, 5.41) is 10.6. The van der Waals surface area contributed by atoms with E-state index in [2.05, 4.69) is 41.5 Å². The minimum Gasteiger partial charge on any atom is -0.462 e. The highest BCUT2D eigenvalue weighted by Crippen LogP contribution is 2.45. The molecule has 0 aliphatic rings. The van der Waals surface area contributed by atoms with Crippen molar-refractivity contribution in [3.05, 3.63) is 0 Å². The molecule has 0 aromatic heterocycles. The smallest absolute Gasteiger partial charge is 0.462 e. The van der Waals surface area contributed by atoms with E-state index in [1.54, 1.807) is 0 Å². The van der Waals surface area contributed by atoms with E-state index in [1.165, 1.54) is 231 Å². The third-order valence-corrected chi connectivity index (χ3v) is 21.3. The molecule has 0 bridgehead atoms. The van der Waals surface area contributed by atoms with Gasteiger partial charge in [-0.2, -0.15) is 0 Å². The fourth-order valence-corrected chi connectivity index (χ4v) is 13.9. The van der Waals surface area contributed by atoms with Crippen LogP contribution in [0.5, 0.6) is 0 Å². The second kappa shape index (κ2) is 71.7. The van der Waals surface area contributed by atoms with E-state index < -0.39 is 97.5 Å². The van der Waals surface area contributed by atoms with Gasteiger partial charge >= 0.3 is 39.5 Å². The van der Waals surface area contributed by atoms with Gasteiger partial charge in [-0.25, -0.2) is 9.13 Å². The van der Waals surface area contributed by atoms with Gasteiger partial charge in [0.15, 0.2) is 12.2 Å². The van der Waals surface area contributed by atoms with Crippen molar-refractivity contribution in [2.75, 3.05) is 39.6 Å². The molecule has 0 aromatic carbocycles. The van der Waals surface area contributed by atoms with Gasteiger partial charge in [-0.1, -0.05) is 369 Å². The van der Waals surface area contributed by atoms with Crippen LogP contribution in [0.3, 0.4) is 0 Å². The number of esters is 4. The lowest BCUT2D eigenvalue weighted by atomic mass is 9.99. The Morgan fingerprint density at radius 1 is 0.283 bits per heavy atom. The van der Waals surface area contributed by atoms with Gasteiger partial charge in [-0.3, -0.25) is 37.3 Å². The van der Waals surface area contributed by atoms with Crippen molar-refractivity contribution in [2.24, 2.45) is 11.8 Å². The van der Waals surface area contributed by atoms with Crippen LogP contribution in [0.25, 0.3) is 0 Å². The summed E-state index contributed by atoms with van der Waals surface area (Å²) in [5.74, 6) is -0.577. The van der Waals surface area contributed by atoms with Crippen LogP contribution >= 0.6 is 15.6 Å². The maximum atomic E-state index is 13.1. The molecule has 0 fully saturated rings. The third kappa shape index (κ3) is 71.5. The van der Waals surface area contributed by atoms with Crippen LogP contribution in [0.1, 0.15) is 420 Å². The zero-order chi connectivity index (χ0) is 72.8. The number of phosphoric acid groups is 2. The predicted octanol–water partition coefficient (Wildman–Crippen LogP) is 23.9. The summed E-state index contributed by atoms with van der Waals surface area (Å²) >= 11 is 0. The van der Waals surface area contributed by atoms with Gasteiger partial charge in [-0.15, -0.1) is 0 Å². The summed E-state index contributed by atoms with van der Waals surface area (Å²) in [5.41, 5.74) is 0. The van der Waals surface area contributed by atoms with Gasteiger partial charge in [0.2, 0.25) is 0 Å². The number of hydrogen-bond acceptors (Lipinski definition) is 15. The highest BCUT2D eigenvalue weighted by molar-refractivity contribution is 7.47. The monoisotopic (exact) mass is 1450 g/mol. The summed E-state index contributed by atoms with van der Waals surface area (Å²) in [6.07, 6.45) is 61.0. The topological polar surface area (TPSA) is 237 Å². The third-order valence-electron chi connectivity index (χ3n) is 19.4. The fourth-order valence-electron chi connectivity index (χ4n) is 12.3. The van der Waals surface area contributed by atoms with Crippen molar-refractivity contribution in [1.82, 2.24) is 0 Å². The second-order valence-corrected chi connectivity index (χ2v) is 32.2. The maximum absolute atomic E-state index is 13.1. The van der Waals surface area contributed by atoms with Crippen molar-refractivity contribution in [2.45, 2.75) is 439 Å². The average Bonchev–Trinajstić information content (AvgIpc) is 1.60. The molecule has 0 spiro atoms. The number of aliphatic hydroxyl groups is 1. The van der Waals surface area contributed by atoms with Gasteiger partial charge in [0.1, 0.15) is 19.3 Å². The van der Waals surface area contributed by atoms with Crippen LogP contribution in [-0.2, 0) is 65.4 Å². The Morgan fingerprint density at radius 2 is 0.485 bits per heavy atom. The molecule has 0 heterocycles. The average molecular weight is 1450 g/mol. The van der Waals surface area contributed by atoms with Gasteiger partial charge in [0.25, 0.3) is 0 Å². The van der Waals surface area contributed by atoms with Crippen LogP contribution in [0.4, 0.5) is 0 Å². The van der Waals surface area contributed by atoms with Crippen molar-refractivity contribution in [1.29, 1.82) is 0 Å². The van der Waals surface area contributed by atoms with Crippen molar-refractivity contribution < 1.29 is 80.2 Å². The zero-order valence-corrected chi connectivity index (χ0v) is 66.6. The van der Waals surface area contributed by atoms with Crippen molar-refractivity contribution in [3.8, 4) is 0 Å². The minimum absolute atomic E-state index is 0.106. The molecule has 3 N–H and O–H groups in total. The summed E-state index contributed by atoms with van der Waals surface area (Å²) in [6.45, 7) is 9.61. The first-order valence-corrected chi connectivity index (χ1v) is 44.6. The number of rotatable bonds is 79. The largest absolute Gasteiger partial charge is 0.472 e. The van der Waals surface area contributed by atoms with E-state index in [0.29, 0.717) is 25.7 Å². The molecule has 0 radical (unpaired) electrons. The van der Waals surface area contributed by atoms with Gasteiger partial charge in [0, 0.05) is 25.7 Å². The summed E-state index contributed by atoms with van der Waals surface area (Å²) in [7, 11) is -9.92. The predicted molar refractivity (Wildman–Crippen MR) is 405 cm³/mol. The first-order chi connectivity index (χ1) is 47.9. The van der Waals surface area contributed by atoms with E-state index in [9.17, 15) is 43.2 Å². The number of aliphatic hydroxyl groups excluding tert-OH is 1. The highest BCUT2D eigenvalue weighted by Gasteiger charge is 2.30. The summed E-state index contributed by atoms with van der Waals surface area (Å²) in [4.78, 5) is 73.0. The van der Waals surface area contributed by atoms with Gasteiger partial charge < -0.3 is 33.8 Å². The lowest BCUT2D eigenvalue weighted by molar-refractivity contribution is -0.161. The Kier molecular flexibility index (Phi) is 70.3. The number of carbonyl (C=O) groups excluding carboxylic acids is 4. The lowest BCUT2D eigenvalue weighted by Crippen LogP contribution is -2.30. The van der Waals surface area contributed by atoms with E-state index >= 15 is 0 Å². The fraction of sp³-hybridized carbons (Fsp3) is 0.950. The highest BCUT2D eigenvalue weighted by atomic mass is 31.2. The van der Waals surface area contributed by atoms with Crippen molar-refractivity contribution >= 4 is 39.5 Å². The molecule has 588 valence electrons. The molecule has 0 saturated heterocycles. The van der Waals surface area contributed by atoms with E-state index in [4.69, 9.17) is 37.0 Å². The summed E-state index contributed by atoms with van der Waals surface area (Å²) in [6, 6.07) is 0. The molecule has 0 aromatic rings. The number of phosphoric ester groups is 2. The Balaban J connectivity index is 5.24. The SMILES string of the molecule is CCCCCCCCCCCCCCCCCCCCCCC(=O)O[C@H](COC(=O)CCCCCCCCCCCCCCCCC)COP(=O)(O)OC[C@@H](O)COP(=O)(O)OC[C@@H](COC(=O)CCCCCCCCC(C)CC)OC(=O)CCCCCCCCCCCCC(C)CC. The number of ether oxygens (including phenoxy) is 4. The molecule has 4 unspecified atom stereocenters. The number of unbranched alkanes of at least 4 members (excludes halogenated alkanes) is 47. The number of carbonyl (C=O) groups is 4. The van der Waals surface area contributed by atoms with Crippen LogP contribution in [0, 0.1) is 11.8 Å².